The highest BCUT2D eigenvalue weighted by atomic mass is 19.4. The molecular weight excluding hydrogens is 355 g/mol. The van der Waals surface area contributed by atoms with Gasteiger partial charge in [0.2, 0.25) is 0 Å². The first kappa shape index (κ1) is 18.9. The minimum absolute atomic E-state index is 0.181. The summed E-state index contributed by atoms with van der Waals surface area (Å²) >= 11 is 0. The number of ketones is 1. The molecule has 1 atom stereocenters. The van der Waals surface area contributed by atoms with Crippen molar-refractivity contribution in [1.29, 1.82) is 5.26 Å². The topological polar surface area (TPSA) is 57.0 Å². The molecule has 0 bridgehead atoms. The summed E-state index contributed by atoms with van der Waals surface area (Å²) in [5.74, 6) is 0.0337. The molecular formula is C20H18F3N3O. The first-order valence-electron chi connectivity index (χ1n) is 8.64. The number of nitrogens with zero attached hydrogens (tertiary/aromatic N) is 3. The fourth-order valence-electron chi connectivity index (χ4n) is 3.31. The van der Waals surface area contributed by atoms with Crippen LogP contribution in [0, 0.1) is 24.2 Å². The third-order valence-corrected chi connectivity index (χ3v) is 4.72. The van der Waals surface area contributed by atoms with Gasteiger partial charge in [0.25, 0.3) is 0 Å². The van der Waals surface area contributed by atoms with Crippen LogP contribution in [0.1, 0.15) is 40.0 Å². The van der Waals surface area contributed by atoms with Gasteiger partial charge in [0, 0.05) is 30.3 Å². The summed E-state index contributed by atoms with van der Waals surface area (Å²) < 4.78 is 38.1. The molecule has 140 valence electrons. The molecule has 0 amide bonds. The van der Waals surface area contributed by atoms with Crippen LogP contribution in [0.15, 0.2) is 36.4 Å². The van der Waals surface area contributed by atoms with E-state index in [9.17, 15) is 23.2 Å². The maximum Gasteiger partial charge on any atom is 0.416 e. The first-order chi connectivity index (χ1) is 12.8. The highest BCUT2D eigenvalue weighted by Crippen LogP contribution is 2.30. The van der Waals surface area contributed by atoms with Crippen molar-refractivity contribution in [2.75, 3.05) is 18.0 Å². The number of carbonyl (C=O) groups is 1. The molecule has 1 saturated heterocycles. The van der Waals surface area contributed by atoms with Crippen LogP contribution in [0.25, 0.3) is 0 Å². The molecule has 3 rings (SSSR count). The average molecular weight is 373 g/mol. The van der Waals surface area contributed by atoms with Crippen molar-refractivity contribution in [3.8, 4) is 6.07 Å². The van der Waals surface area contributed by atoms with E-state index >= 15 is 0 Å². The van der Waals surface area contributed by atoms with Crippen molar-refractivity contribution in [2.24, 2.45) is 5.92 Å². The van der Waals surface area contributed by atoms with Gasteiger partial charge in [-0.25, -0.2) is 4.98 Å². The summed E-state index contributed by atoms with van der Waals surface area (Å²) in [4.78, 5) is 19.1. The molecule has 1 aromatic heterocycles. The lowest BCUT2D eigenvalue weighted by atomic mass is 9.89. The van der Waals surface area contributed by atoms with E-state index in [-0.39, 0.29) is 17.3 Å². The Kier molecular flexibility index (Phi) is 5.17. The standard InChI is InChI=1S/C20H18F3N3O/c1-13-4-5-15(11-24)19(25-13)26-10-2-3-16(12-26)18(27)14-6-8-17(9-7-14)20(21,22)23/h4-9,16H,2-3,10,12H2,1H3. The third-order valence-electron chi connectivity index (χ3n) is 4.72. The lowest BCUT2D eigenvalue weighted by molar-refractivity contribution is -0.137. The van der Waals surface area contributed by atoms with E-state index in [1.54, 1.807) is 12.1 Å². The summed E-state index contributed by atoms with van der Waals surface area (Å²) in [6.45, 7) is 2.91. The van der Waals surface area contributed by atoms with Crippen LogP contribution in [0.5, 0.6) is 0 Å². The van der Waals surface area contributed by atoms with Crippen molar-refractivity contribution in [3.05, 3.63) is 58.8 Å². The van der Waals surface area contributed by atoms with Crippen LogP contribution in [0.4, 0.5) is 19.0 Å². The van der Waals surface area contributed by atoms with E-state index in [1.165, 1.54) is 12.1 Å². The number of aromatic nitrogens is 1. The van der Waals surface area contributed by atoms with Gasteiger partial charge in [0.1, 0.15) is 11.9 Å². The Hall–Kier alpha value is -2.88. The summed E-state index contributed by atoms with van der Waals surface area (Å²) in [6.07, 6.45) is -3.02. The number of hydrogen-bond donors (Lipinski definition) is 0. The van der Waals surface area contributed by atoms with Crippen LogP contribution in [0.3, 0.4) is 0 Å². The van der Waals surface area contributed by atoms with Crippen LogP contribution in [-0.4, -0.2) is 23.9 Å². The molecule has 27 heavy (non-hydrogen) atoms. The van der Waals surface area contributed by atoms with Crippen molar-refractivity contribution >= 4 is 11.6 Å². The third kappa shape index (κ3) is 4.11. The Morgan fingerprint density at radius 1 is 1.22 bits per heavy atom. The number of piperidine rings is 1. The highest BCUT2D eigenvalue weighted by Gasteiger charge is 2.32. The molecule has 2 aromatic rings. The summed E-state index contributed by atoms with van der Waals surface area (Å²) in [5.41, 5.74) is 0.725. The van der Waals surface area contributed by atoms with Crippen LogP contribution in [-0.2, 0) is 6.18 Å². The van der Waals surface area contributed by atoms with Gasteiger partial charge >= 0.3 is 6.18 Å². The van der Waals surface area contributed by atoms with Crippen LogP contribution >= 0.6 is 0 Å². The van der Waals surface area contributed by atoms with E-state index in [2.05, 4.69) is 11.1 Å². The zero-order valence-electron chi connectivity index (χ0n) is 14.8. The number of rotatable bonds is 3. The van der Waals surface area contributed by atoms with E-state index in [0.717, 1.165) is 24.2 Å². The second kappa shape index (κ2) is 7.39. The van der Waals surface area contributed by atoms with E-state index in [1.807, 2.05) is 11.8 Å². The Bertz CT molecular complexity index is 885. The van der Waals surface area contributed by atoms with Crippen LogP contribution in [0.2, 0.25) is 0 Å². The SMILES string of the molecule is Cc1ccc(C#N)c(N2CCCC(C(=O)c3ccc(C(F)(F)F)cc3)C2)n1. The van der Waals surface area contributed by atoms with Gasteiger partial charge in [-0.15, -0.1) is 0 Å². The molecule has 0 aliphatic carbocycles. The molecule has 1 aromatic carbocycles. The number of aryl methyl sites for hydroxylation is 1. The minimum Gasteiger partial charge on any atom is -0.355 e. The van der Waals surface area contributed by atoms with E-state index < -0.39 is 11.7 Å². The normalized spacial score (nSPS) is 17.4. The van der Waals surface area contributed by atoms with Crippen molar-refractivity contribution in [1.82, 2.24) is 4.98 Å². The molecule has 1 unspecified atom stereocenters. The number of hydrogen-bond acceptors (Lipinski definition) is 4. The molecule has 7 heteroatoms. The average Bonchev–Trinajstić information content (AvgIpc) is 2.67. The minimum atomic E-state index is -4.42. The molecule has 1 fully saturated rings. The number of carbonyl (C=O) groups excluding carboxylic acids is 1. The Morgan fingerprint density at radius 3 is 2.56 bits per heavy atom. The molecule has 0 spiro atoms. The molecule has 0 saturated carbocycles. The van der Waals surface area contributed by atoms with Gasteiger partial charge in [0.05, 0.1) is 11.1 Å². The van der Waals surface area contributed by atoms with Gasteiger partial charge in [-0.2, -0.15) is 18.4 Å². The Balaban J connectivity index is 1.79. The number of halogens is 3. The fourth-order valence-corrected chi connectivity index (χ4v) is 3.31. The van der Waals surface area contributed by atoms with Gasteiger partial charge < -0.3 is 4.90 Å². The molecule has 4 nitrogen and oxygen atoms in total. The van der Waals surface area contributed by atoms with E-state index in [4.69, 9.17) is 0 Å². The lowest BCUT2D eigenvalue weighted by Gasteiger charge is -2.33. The number of anilines is 1. The van der Waals surface area contributed by atoms with Crippen molar-refractivity contribution < 1.29 is 18.0 Å². The van der Waals surface area contributed by atoms with Crippen LogP contribution < -0.4 is 4.90 Å². The molecule has 1 aliphatic rings. The Labute approximate surface area is 155 Å². The monoisotopic (exact) mass is 373 g/mol. The zero-order valence-corrected chi connectivity index (χ0v) is 14.8. The number of benzene rings is 1. The molecule has 0 N–H and O–H groups in total. The maximum atomic E-state index is 12.8. The van der Waals surface area contributed by atoms with Crippen molar-refractivity contribution in [3.63, 3.8) is 0 Å². The number of pyridine rings is 1. The highest BCUT2D eigenvalue weighted by molar-refractivity contribution is 5.98. The van der Waals surface area contributed by atoms with Gasteiger partial charge in [-0.1, -0.05) is 12.1 Å². The second-order valence-corrected chi connectivity index (χ2v) is 6.66. The molecule has 0 radical (unpaired) electrons. The largest absolute Gasteiger partial charge is 0.416 e. The number of nitriles is 1. The molecule has 1 aliphatic heterocycles. The first-order valence-corrected chi connectivity index (χ1v) is 8.64. The maximum absolute atomic E-state index is 12.8. The quantitative estimate of drug-likeness (QED) is 0.749. The summed E-state index contributed by atoms with van der Waals surface area (Å²) in [7, 11) is 0. The Morgan fingerprint density at radius 2 is 1.93 bits per heavy atom. The lowest BCUT2D eigenvalue weighted by Crippen LogP contribution is -2.39. The number of alkyl halides is 3. The number of Topliss-reactive ketones (excluding diaryl/α,β-unsaturated/α-hetero) is 1. The van der Waals surface area contributed by atoms with Gasteiger partial charge in [-0.05, 0) is 44.0 Å². The second-order valence-electron chi connectivity index (χ2n) is 6.66. The van der Waals surface area contributed by atoms with Gasteiger partial charge in [-0.3, -0.25) is 4.79 Å². The fraction of sp³-hybridized carbons (Fsp3) is 0.350. The predicted molar refractivity (Wildman–Crippen MR) is 94.4 cm³/mol. The molecule has 2 heterocycles. The smallest absolute Gasteiger partial charge is 0.355 e. The van der Waals surface area contributed by atoms with Crippen molar-refractivity contribution in [2.45, 2.75) is 25.9 Å². The zero-order chi connectivity index (χ0) is 19.6. The van der Waals surface area contributed by atoms with E-state index in [0.29, 0.717) is 30.9 Å². The summed E-state index contributed by atoms with van der Waals surface area (Å²) in [5, 5.41) is 9.31. The van der Waals surface area contributed by atoms with Gasteiger partial charge in [0.15, 0.2) is 5.78 Å². The predicted octanol–water partition coefficient (Wildman–Crippen LogP) is 4.38. The summed E-state index contributed by atoms with van der Waals surface area (Å²) in [6, 6.07) is 9.92.